The number of benzene rings is 3. The summed E-state index contributed by atoms with van der Waals surface area (Å²) in [5, 5.41) is 10.6. The van der Waals surface area contributed by atoms with Gasteiger partial charge >= 0.3 is 0 Å². The Morgan fingerprint density at radius 3 is 2.30 bits per heavy atom. The molecule has 3 atom stereocenters. The normalized spacial score (nSPS) is 14.9. The molecule has 1 heterocycles. The Bertz CT molecular complexity index is 1930. The lowest BCUT2D eigenvalue weighted by Gasteiger charge is -2.24. The highest BCUT2D eigenvalue weighted by molar-refractivity contribution is 7.93. The molecule has 46 heavy (non-hydrogen) atoms. The third-order valence-electron chi connectivity index (χ3n) is 8.17. The quantitative estimate of drug-likeness (QED) is 0.186. The van der Waals surface area contributed by atoms with Crippen LogP contribution in [-0.2, 0) is 43.5 Å². The van der Waals surface area contributed by atoms with Crippen LogP contribution in [0.15, 0.2) is 102 Å². The number of rotatable bonds is 12. The molecule has 0 spiro atoms. The number of hydrogen-bond acceptors (Lipinski definition) is 5. The van der Waals surface area contributed by atoms with Crippen molar-refractivity contribution in [1.82, 2.24) is 20.9 Å². The molecular weight excluding hydrogens is 600 g/mol. The number of aromatic amines is 1. The van der Waals surface area contributed by atoms with Crippen LogP contribution >= 0.6 is 0 Å². The van der Waals surface area contributed by atoms with Crippen molar-refractivity contribution < 1.29 is 22.8 Å². The molecule has 1 aromatic heterocycles. The first-order valence-electron chi connectivity index (χ1n) is 15.2. The lowest BCUT2D eigenvalue weighted by Crippen LogP contribution is -2.55. The average molecular weight is 639 g/mol. The van der Waals surface area contributed by atoms with Crippen molar-refractivity contribution in [3.8, 4) is 0 Å². The minimum Gasteiger partial charge on any atom is -0.361 e. The van der Waals surface area contributed by atoms with Crippen LogP contribution in [0.4, 0.5) is 0 Å². The predicted molar refractivity (Wildman–Crippen MR) is 180 cm³/mol. The zero-order valence-electron chi connectivity index (χ0n) is 26.0. The van der Waals surface area contributed by atoms with E-state index in [1.54, 1.807) is 13.1 Å². The maximum Gasteiger partial charge on any atom is 0.248 e. The van der Waals surface area contributed by atoms with E-state index in [1.807, 2.05) is 85.8 Å². The van der Waals surface area contributed by atoms with Crippen LogP contribution < -0.4 is 16.0 Å². The molecule has 3 aromatic carbocycles. The summed E-state index contributed by atoms with van der Waals surface area (Å²) >= 11 is 0. The van der Waals surface area contributed by atoms with Crippen molar-refractivity contribution in [3.05, 3.63) is 124 Å². The van der Waals surface area contributed by atoms with Crippen LogP contribution in [0.5, 0.6) is 0 Å². The number of nitrogens with one attached hydrogen (secondary N) is 4. The van der Waals surface area contributed by atoms with E-state index in [0.29, 0.717) is 18.4 Å². The summed E-state index contributed by atoms with van der Waals surface area (Å²) in [6, 6.07) is 22.3. The van der Waals surface area contributed by atoms with Gasteiger partial charge in [0.05, 0.1) is 6.04 Å². The Balaban J connectivity index is 1.35. The molecule has 3 amide bonds. The predicted octanol–water partition coefficient (Wildman–Crippen LogP) is 4.02. The summed E-state index contributed by atoms with van der Waals surface area (Å²) in [4.78, 5) is 43.8. The molecule has 1 aliphatic rings. The van der Waals surface area contributed by atoms with Gasteiger partial charge in [0, 0.05) is 47.2 Å². The summed E-state index contributed by atoms with van der Waals surface area (Å²) in [5.74, 6) is -1.34. The van der Waals surface area contributed by atoms with Gasteiger partial charge in [-0.2, -0.15) is 0 Å². The summed E-state index contributed by atoms with van der Waals surface area (Å²) in [6.07, 6.45) is 5.33. The van der Waals surface area contributed by atoms with Gasteiger partial charge in [-0.1, -0.05) is 78.9 Å². The van der Waals surface area contributed by atoms with Crippen LogP contribution in [0.2, 0.25) is 0 Å². The highest BCUT2D eigenvalue weighted by Crippen LogP contribution is 2.32. The number of carbonyl (C=O) groups is 3. The van der Waals surface area contributed by atoms with Crippen LogP contribution in [0.25, 0.3) is 16.5 Å². The molecule has 4 N–H and O–H groups in total. The molecule has 0 saturated carbocycles. The second kappa shape index (κ2) is 14.0. The van der Waals surface area contributed by atoms with Crippen LogP contribution in [-0.4, -0.2) is 55.5 Å². The summed E-state index contributed by atoms with van der Waals surface area (Å²) in [7, 11) is -3.45. The van der Waals surface area contributed by atoms with E-state index < -0.39 is 39.8 Å². The van der Waals surface area contributed by atoms with Gasteiger partial charge in [0.1, 0.15) is 12.1 Å². The van der Waals surface area contributed by atoms with Gasteiger partial charge in [-0.3, -0.25) is 14.4 Å². The SMILES string of the molecule is CC1=C(C(=O)N[C@H](C)C(=O)N[C@@H](Cc2c[nH]c3ccccc23)C(=O)N[C@H](/C=C/S(C)(=O)=O)Cc2ccccc2)Cc2ccccc21. The first kappa shape index (κ1) is 32.4. The molecule has 0 bridgehead atoms. The van der Waals surface area contributed by atoms with Gasteiger partial charge in [0.25, 0.3) is 0 Å². The lowest BCUT2D eigenvalue weighted by molar-refractivity contribution is -0.131. The number of allylic oxidation sites excluding steroid dienone is 1. The molecule has 1 aliphatic carbocycles. The fourth-order valence-corrected chi connectivity index (χ4v) is 6.18. The van der Waals surface area contributed by atoms with Crippen molar-refractivity contribution in [2.45, 2.75) is 51.2 Å². The van der Waals surface area contributed by atoms with Gasteiger partial charge < -0.3 is 20.9 Å². The zero-order chi connectivity index (χ0) is 32.8. The van der Waals surface area contributed by atoms with Gasteiger partial charge in [0.2, 0.25) is 17.7 Å². The van der Waals surface area contributed by atoms with Gasteiger partial charge in [-0.05, 0) is 54.2 Å². The van der Waals surface area contributed by atoms with E-state index in [9.17, 15) is 22.8 Å². The minimum absolute atomic E-state index is 0.162. The minimum atomic E-state index is -3.45. The smallest absolute Gasteiger partial charge is 0.248 e. The van der Waals surface area contributed by atoms with Crippen LogP contribution in [0, 0.1) is 0 Å². The Kier molecular flexibility index (Phi) is 9.87. The molecular formula is C36H38N4O5S. The average Bonchev–Trinajstić information content (AvgIpc) is 3.60. The van der Waals surface area contributed by atoms with Gasteiger partial charge in [-0.25, -0.2) is 8.42 Å². The largest absolute Gasteiger partial charge is 0.361 e. The number of para-hydroxylation sites is 1. The summed E-state index contributed by atoms with van der Waals surface area (Å²) in [5.41, 5.74) is 6.19. The monoisotopic (exact) mass is 638 g/mol. The van der Waals surface area contributed by atoms with Gasteiger partial charge in [0.15, 0.2) is 9.84 Å². The molecule has 0 fully saturated rings. The molecule has 0 aliphatic heterocycles. The van der Waals surface area contributed by atoms with Crippen molar-refractivity contribution in [2.24, 2.45) is 0 Å². The first-order valence-corrected chi connectivity index (χ1v) is 17.1. The van der Waals surface area contributed by atoms with E-state index in [1.165, 1.54) is 6.08 Å². The Labute approximate surface area is 269 Å². The second-order valence-corrected chi connectivity index (χ2v) is 13.7. The number of sulfone groups is 1. The highest BCUT2D eigenvalue weighted by Gasteiger charge is 2.29. The summed E-state index contributed by atoms with van der Waals surface area (Å²) < 4.78 is 23.9. The Hall–Kier alpha value is -4.96. The number of carbonyl (C=O) groups excluding carboxylic acids is 3. The molecule has 0 saturated heterocycles. The summed E-state index contributed by atoms with van der Waals surface area (Å²) in [6.45, 7) is 3.48. The fourth-order valence-electron chi connectivity index (χ4n) is 5.71. The van der Waals surface area contributed by atoms with Crippen molar-refractivity contribution in [1.29, 1.82) is 0 Å². The third kappa shape index (κ3) is 8.00. The number of fused-ring (bicyclic) bond motifs is 2. The Morgan fingerprint density at radius 1 is 0.870 bits per heavy atom. The molecule has 0 unspecified atom stereocenters. The van der Waals surface area contributed by atoms with Crippen LogP contribution in [0.1, 0.15) is 36.1 Å². The number of H-pyrrole nitrogens is 1. The number of amides is 3. The third-order valence-corrected chi connectivity index (χ3v) is 8.82. The number of aromatic nitrogens is 1. The first-order chi connectivity index (χ1) is 22.0. The van der Waals surface area contributed by atoms with E-state index >= 15 is 0 Å². The topological polar surface area (TPSA) is 137 Å². The fraction of sp³-hybridized carbons (Fsp3) is 0.250. The zero-order valence-corrected chi connectivity index (χ0v) is 26.9. The Morgan fingerprint density at radius 2 is 1.57 bits per heavy atom. The van der Waals surface area contributed by atoms with E-state index in [0.717, 1.165) is 50.4 Å². The van der Waals surface area contributed by atoms with Crippen molar-refractivity contribution in [3.63, 3.8) is 0 Å². The molecule has 4 aromatic rings. The van der Waals surface area contributed by atoms with Crippen molar-refractivity contribution >= 4 is 44.0 Å². The van der Waals surface area contributed by atoms with E-state index in [4.69, 9.17) is 0 Å². The van der Waals surface area contributed by atoms with E-state index in [2.05, 4.69) is 20.9 Å². The molecule has 5 rings (SSSR count). The molecule has 10 heteroatoms. The number of hydrogen-bond donors (Lipinski definition) is 4. The van der Waals surface area contributed by atoms with Crippen LogP contribution in [0.3, 0.4) is 0 Å². The highest BCUT2D eigenvalue weighted by atomic mass is 32.2. The molecule has 9 nitrogen and oxygen atoms in total. The van der Waals surface area contributed by atoms with E-state index in [-0.39, 0.29) is 12.3 Å². The second-order valence-electron chi connectivity index (χ2n) is 11.7. The van der Waals surface area contributed by atoms with Crippen molar-refractivity contribution in [2.75, 3.05) is 6.26 Å². The molecule has 0 radical (unpaired) electrons. The maximum atomic E-state index is 13.9. The lowest BCUT2D eigenvalue weighted by atomic mass is 10.0. The molecule has 238 valence electrons. The maximum absolute atomic E-state index is 13.9. The van der Waals surface area contributed by atoms with Gasteiger partial charge in [-0.15, -0.1) is 0 Å². The standard InChI is InChI=1S/C36H38N4O5S/c1-23-29-14-8-7-13-26(29)20-31(23)35(42)38-24(2)34(41)40-33(21-27-22-37-32-16-10-9-15-30(27)32)36(43)39-28(17-18-46(3,44)45)19-25-11-5-4-6-12-25/h4-18,22,24,28,33,37H,19-21H2,1-3H3,(H,38,42)(H,39,43)(H,40,41)/b18-17+/t24-,28-,33+/m1/s1.